The molecule has 3 rings (SSSR count). The predicted octanol–water partition coefficient (Wildman–Crippen LogP) is 2.14. The molecule has 3 aromatic heterocycles. The number of carbonyl (C=O) groups excluding carboxylic acids is 1. The van der Waals surface area contributed by atoms with Gasteiger partial charge in [0.1, 0.15) is 0 Å². The molecule has 3 N–H and O–H groups in total. The van der Waals surface area contributed by atoms with Gasteiger partial charge in [-0.2, -0.15) is 5.10 Å². The molecule has 0 aliphatic heterocycles. The second kappa shape index (κ2) is 5.92. The Morgan fingerprint density at radius 3 is 3.05 bits per heavy atom. The highest BCUT2D eigenvalue weighted by atomic mass is 32.1. The van der Waals surface area contributed by atoms with Crippen LogP contribution < -0.4 is 5.32 Å². The van der Waals surface area contributed by atoms with Crippen LogP contribution in [0.3, 0.4) is 0 Å². The van der Waals surface area contributed by atoms with Crippen LogP contribution in [0.25, 0.3) is 10.6 Å². The minimum atomic E-state index is -0.176. The van der Waals surface area contributed by atoms with Crippen molar-refractivity contribution in [2.75, 3.05) is 6.54 Å². The zero-order chi connectivity index (χ0) is 14.7. The molecule has 3 heterocycles. The second-order valence-electron chi connectivity index (χ2n) is 4.66. The Morgan fingerprint density at radius 1 is 1.43 bits per heavy atom. The number of amides is 1. The lowest BCUT2D eigenvalue weighted by Crippen LogP contribution is -2.26. The summed E-state index contributed by atoms with van der Waals surface area (Å²) in [4.78, 5) is 21.2. The summed E-state index contributed by atoms with van der Waals surface area (Å²) in [5.74, 6) is -0.176. The number of nitrogens with zero attached hydrogens (tertiary/aromatic N) is 2. The van der Waals surface area contributed by atoms with Gasteiger partial charge in [-0.05, 0) is 25.1 Å². The van der Waals surface area contributed by atoms with Crippen molar-refractivity contribution in [1.82, 2.24) is 25.5 Å². The summed E-state index contributed by atoms with van der Waals surface area (Å²) in [7, 11) is 0. The van der Waals surface area contributed by atoms with Crippen molar-refractivity contribution in [3.8, 4) is 10.6 Å². The lowest BCUT2D eigenvalue weighted by atomic mass is 10.3. The first kappa shape index (κ1) is 13.6. The highest BCUT2D eigenvalue weighted by Gasteiger charge is 2.12. The van der Waals surface area contributed by atoms with Gasteiger partial charge < -0.3 is 10.3 Å². The van der Waals surface area contributed by atoms with E-state index < -0.39 is 0 Å². The maximum Gasteiger partial charge on any atom is 0.271 e. The topological polar surface area (TPSA) is 86.5 Å². The summed E-state index contributed by atoms with van der Waals surface area (Å²) >= 11 is 1.67. The molecule has 0 saturated heterocycles. The van der Waals surface area contributed by atoms with Gasteiger partial charge in [0.2, 0.25) is 0 Å². The molecule has 0 fully saturated rings. The summed E-state index contributed by atoms with van der Waals surface area (Å²) in [6.45, 7) is 2.59. The quantitative estimate of drug-likeness (QED) is 0.675. The number of nitrogens with one attached hydrogen (secondary N) is 3. The smallest absolute Gasteiger partial charge is 0.271 e. The molecule has 7 heteroatoms. The molecule has 0 radical (unpaired) electrons. The Bertz CT molecular complexity index is 728. The molecule has 6 nitrogen and oxygen atoms in total. The van der Waals surface area contributed by atoms with Crippen LogP contribution in [-0.4, -0.2) is 32.6 Å². The van der Waals surface area contributed by atoms with E-state index in [1.54, 1.807) is 29.9 Å². The molecular weight excluding hydrogens is 286 g/mol. The third-order valence-corrected chi connectivity index (χ3v) is 4.09. The first-order chi connectivity index (χ1) is 10.2. The van der Waals surface area contributed by atoms with Crippen molar-refractivity contribution >= 4 is 17.2 Å². The number of carbonyl (C=O) groups is 1. The number of aromatic nitrogens is 4. The van der Waals surface area contributed by atoms with Gasteiger partial charge in [0.25, 0.3) is 5.91 Å². The third kappa shape index (κ3) is 3.19. The molecule has 0 aliphatic rings. The van der Waals surface area contributed by atoms with Crippen LogP contribution in [0.4, 0.5) is 0 Å². The Hall–Kier alpha value is -2.41. The second-order valence-corrected chi connectivity index (χ2v) is 5.95. The number of aromatic amines is 2. The third-order valence-electron chi connectivity index (χ3n) is 3.05. The monoisotopic (exact) mass is 301 g/mol. The molecule has 0 bridgehead atoms. The fraction of sp³-hybridized carbons (Fsp3) is 0.214. The Morgan fingerprint density at radius 2 is 2.33 bits per heavy atom. The standard InChI is InChI=1S/C14H15N5OS/c1-9-2-3-13(21-9)11-6-12(19-18-11)14(20)16-5-4-10-7-15-8-17-10/h2-3,6-8H,4-5H2,1H3,(H,15,17)(H,16,20)(H,18,19). The van der Waals surface area contributed by atoms with Crippen LogP contribution in [0.5, 0.6) is 0 Å². The van der Waals surface area contributed by atoms with E-state index in [1.165, 1.54) is 4.88 Å². The van der Waals surface area contributed by atoms with E-state index in [1.807, 2.05) is 19.1 Å². The van der Waals surface area contributed by atoms with Crippen LogP contribution in [-0.2, 0) is 6.42 Å². The van der Waals surface area contributed by atoms with Gasteiger partial charge in [0.05, 0.1) is 16.9 Å². The lowest BCUT2D eigenvalue weighted by molar-refractivity contribution is 0.0949. The summed E-state index contributed by atoms with van der Waals surface area (Å²) in [5.41, 5.74) is 2.26. The molecule has 1 amide bonds. The number of hydrogen-bond acceptors (Lipinski definition) is 4. The molecule has 0 unspecified atom stereocenters. The minimum Gasteiger partial charge on any atom is -0.350 e. The highest BCUT2D eigenvalue weighted by molar-refractivity contribution is 7.15. The van der Waals surface area contributed by atoms with Gasteiger partial charge in [-0.1, -0.05) is 0 Å². The Balaban J connectivity index is 1.59. The molecule has 108 valence electrons. The molecule has 21 heavy (non-hydrogen) atoms. The maximum absolute atomic E-state index is 12.0. The van der Waals surface area contributed by atoms with Gasteiger partial charge in [0.15, 0.2) is 5.69 Å². The van der Waals surface area contributed by atoms with Crippen molar-refractivity contribution in [3.05, 3.63) is 47.0 Å². The van der Waals surface area contributed by atoms with Crippen molar-refractivity contribution in [2.24, 2.45) is 0 Å². The van der Waals surface area contributed by atoms with Gasteiger partial charge in [-0.25, -0.2) is 4.98 Å². The number of imidazole rings is 1. The van der Waals surface area contributed by atoms with Crippen LogP contribution in [0.2, 0.25) is 0 Å². The maximum atomic E-state index is 12.0. The van der Waals surface area contributed by atoms with E-state index in [4.69, 9.17) is 0 Å². The first-order valence-corrected chi connectivity index (χ1v) is 7.41. The number of thiophene rings is 1. The normalized spacial score (nSPS) is 10.7. The molecule has 0 aromatic carbocycles. The highest BCUT2D eigenvalue weighted by Crippen LogP contribution is 2.26. The molecule has 0 aliphatic carbocycles. The van der Waals surface area contributed by atoms with E-state index >= 15 is 0 Å². The molecule has 0 spiro atoms. The largest absolute Gasteiger partial charge is 0.350 e. The van der Waals surface area contributed by atoms with Crippen molar-refractivity contribution < 1.29 is 4.79 Å². The van der Waals surface area contributed by atoms with Crippen molar-refractivity contribution in [1.29, 1.82) is 0 Å². The van der Waals surface area contributed by atoms with Crippen molar-refractivity contribution in [3.63, 3.8) is 0 Å². The average Bonchev–Trinajstić information content (AvgIpc) is 3.19. The summed E-state index contributed by atoms with van der Waals surface area (Å²) in [6.07, 6.45) is 4.09. The molecular formula is C14H15N5OS. The Labute approximate surface area is 125 Å². The molecule has 0 saturated carbocycles. The van der Waals surface area contributed by atoms with Crippen LogP contribution >= 0.6 is 11.3 Å². The van der Waals surface area contributed by atoms with Gasteiger partial charge in [-0.15, -0.1) is 11.3 Å². The van der Waals surface area contributed by atoms with Crippen molar-refractivity contribution in [2.45, 2.75) is 13.3 Å². The molecule has 3 aromatic rings. The van der Waals surface area contributed by atoms with E-state index in [9.17, 15) is 4.79 Å². The SMILES string of the molecule is Cc1ccc(-c2cc(C(=O)NCCc3cnc[nH]3)n[nH]2)s1. The number of hydrogen-bond donors (Lipinski definition) is 3. The van der Waals surface area contributed by atoms with E-state index in [2.05, 4.69) is 25.5 Å². The van der Waals surface area contributed by atoms with Gasteiger partial charge in [0, 0.05) is 29.7 Å². The summed E-state index contributed by atoms with van der Waals surface area (Å²) < 4.78 is 0. The predicted molar refractivity (Wildman–Crippen MR) is 81.3 cm³/mol. The number of H-pyrrole nitrogens is 2. The number of aryl methyl sites for hydroxylation is 1. The van der Waals surface area contributed by atoms with Crippen LogP contribution in [0.15, 0.2) is 30.7 Å². The van der Waals surface area contributed by atoms with Gasteiger partial charge >= 0.3 is 0 Å². The van der Waals surface area contributed by atoms with Gasteiger partial charge in [-0.3, -0.25) is 9.89 Å². The van der Waals surface area contributed by atoms with Crippen LogP contribution in [0.1, 0.15) is 21.1 Å². The zero-order valence-electron chi connectivity index (χ0n) is 11.5. The first-order valence-electron chi connectivity index (χ1n) is 6.60. The summed E-state index contributed by atoms with van der Waals surface area (Å²) in [5, 5.41) is 9.81. The minimum absolute atomic E-state index is 0.176. The van der Waals surface area contributed by atoms with Crippen LogP contribution in [0, 0.1) is 6.92 Å². The van der Waals surface area contributed by atoms with E-state index in [0.717, 1.165) is 16.3 Å². The fourth-order valence-electron chi connectivity index (χ4n) is 1.97. The fourth-order valence-corrected chi connectivity index (χ4v) is 2.80. The number of rotatable bonds is 5. The van der Waals surface area contributed by atoms with E-state index in [0.29, 0.717) is 18.7 Å². The Kier molecular flexibility index (Phi) is 3.83. The molecule has 0 atom stereocenters. The average molecular weight is 301 g/mol. The van der Waals surface area contributed by atoms with E-state index in [-0.39, 0.29) is 5.91 Å². The summed E-state index contributed by atoms with van der Waals surface area (Å²) in [6, 6.07) is 5.84. The zero-order valence-corrected chi connectivity index (χ0v) is 12.3. The lowest BCUT2D eigenvalue weighted by Gasteiger charge is -2.00.